The van der Waals surface area contributed by atoms with Crippen LogP contribution < -0.4 is 24.4 Å². The molecule has 0 radical (unpaired) electrons. The number of rotatable bonds is 17. The Morgan fingerprint density at radius 3 is 1.71 bits per heavy atom. The summed E-state index contributed by atoms with van der Waals surface area (Å²) in [5.41, 5.74) is 1.87. The average molecular weight is 903 g/mol. The molecule has 0 amide bonds. The highest BCUT2D eigenvalue weighted by Crippen LogP contribution is 2.41. The Balaban J connectivity index is 1.36. The van der Waals surface area contributed by atoms with Crippen LogP contribution in [0, 0.1) is 0 Å². The second-order valence-corrected chi connectivity index (χ2v) is 15.1. The molecule has 2 heterocycles. The van der Waals surface area contributed by atoms with Crippen LogP contribution in [0.4, 0.5) is 0 Å². The molecule has 7 rings (SSSR count). The molecule has 0 spiro atoms. The van der Waals surface area contributed by atoms with Crippen molar-refractivity contribution in [1.29, 1.82) is 0 Å². The Kier molecular flexibility index (Phi) is 14.8. The summed E-state index contributed by atoms with van der Waals surface area (Å²) >= 11 is 0. The van der Waals surface area contributed by atoms with Crippen molar-refractivity contribution >= 4 is 34.8 Å². The third-order valence-corrected chi connectivity index (χ3v) is 10.0. The van der Waals surface area contributed by atoms with E-state index in [1.165, 1.54) is 18.2 Å². The van der Waals surface area contributed by atoms with Crippen LogP contribution in [0.1, 0.15) is 44.4 Å². The summed E-state index contributed by atoms with van der Waals surface area (Å²) in [6.07, 6.45) is -7.54. The van der Waals surface area contributed by atoms with Gasteiger partial charge in [-0.2, -0.15) is 0 Å². The number of esters is 4. The van der Waals surface area contributed by atoms with E-state index >= 15 is 0 Å². The molecule has 66 heavy (non-hydrogen) atoms. The van der Waals surface area contributed by atoms with Gasteiger partial charge in [0.15, 0.2) is 29.5 Å². The van der Waals surface area contributed by atoms with Gasteiger partial charge in [0.2, 0.25) is 23.6 Å². The fraction of sp³-hybridized carbons (Fsp3) is 0.260. The van der Waals surface area contributed by atoms with Crippen molar-refractivity contribution in [3.8, 4) is 40.1 Å². The predicted octanol–water partition coefficient (Wildman–Crippen LogP) is 7.36. The zero-order chi connectivity index (χ0) is 46.7. The Hall–Kier alpha value is -7.85. The summed E-state index contributed by atoms with van der Waals surface area (Å²) < 4.78 is 59.8. The van der Waals surface area contributed by atoms with E-state index in [4.69, 9.17) is 47.0 Å². The number of phenolic OH excluding ortho intramolecular Hbond substituents is 1. The van der Waals surface area contributed by atoms with Gasteiger partial charge in [0.25, 0.3) is 0 Å². The second kappa shape index (κ2) is 21.2. The summed E-state index contributed by atoms with van der Waals surface area (Å²) in [7, 11) is 0. The number of hydrogen-bond donors (Lipinski definition) is 1. The van der Waals surface area contributed by atoms with E-state index in [1.807, 2.05) is 91.0 Å². The van der Waals surface area contributed by atoms with Gasteiger partial charge < -0.3 is 52.2 Å². The third-order valence-electron chi connectivity index (χ3n) is 10.0. The van der Waals surface area contributed by atoms with Crippen molar-refractivity contribution in [2.75, 3.05) is 6.61 Å². The first-order chi connectivity index (χ1) is 31.8. The van der Waals surface area contributed by atoms with Crippen molar-refractivity contribution < 1.29 is 71.3 Å². The van der Waals surface area contributed by atoms with E-state index in [1.54, 1.807) is 12.1 Å². The van der Waals surface area contributed by atoms with Crippen LogP contribution in [0.15, 0.2) is 131 Å². The SMILES string of the molecule is CC(=O)OC[C@H]1O[C@@H](Oc2cc(-c3oc4cc(OCc5ccccc5)cc(O)c4c(=O)c3OCc3ccccc3)ccc2OCc2ccccc2)[C@H](OC(C)=O)[C@@H](OC(C)=O)[C@@H]1OC(C)=O. The molecule has 0 aliphatic carbocycles. The van der Waals surface area contributed by atoms with Gasteiger partial charge in [0.05, 0.1) is 0 Å². The topological polar surface area (TPSA) is 202 Å². The van der Waals surface area contributed by atoms with Gasteiger partial charge >= 0.3 is 23.9 Å². The molecule has 0 saturated carbocycles. The van der Waals surface area contributed by atoms with E-state index in [0.29, 0.717) is 0 Å². The Morgan fingerprint density at radius 1 is 0.591 bits per heavy atom. The van der Waals surface area contributed by atoms with Crippen LogP contribution in [0.5, 0.6) is 28.7 Å². The van der Waals surface area contributed by atoms with Crippen molar-refractivity contribution in [3.63, 3.8) is 0 Å². The van der Waals surface area contributed by atoms with Gasteiger partial charge in [-0.15, -0.1) is 0 Å². The third kappa shape index (κ3) is 11.6. The van der Waals surface area contributed by atoms with E-state index in [9.17, 15) is 29.1 Å². The molecule has 5 atom stereocenters. The van der Waals surface area contributed by atoms with E-state index in [-0.39, 0.29) is 65.1 Å². The Morgan fingerprint density at radius 2 is 1.14 bits per heavy atom. The maximum absolute atomic E-state index is 14.5. The number of carbonyl (C=O) groups excluding carboxylic acids is 4. The molecule has 1 aromatic heterocycles. The average Bonchev–Trinajstić information content (AvgIpc) is 3.29. The molecule has 1 aliphatic rings. The molecule has 1 aliphatic heterocycles. The number of phenols is 1. The maximum atomic E-state index is 14.5. The van der Waals surface area contributed by atoms with Crippen LogP contribution >= 0.6 is 0 Å². The number of aromatic hydroxyl groups is 1. The van der Waals surface area contributed by atoms with Crippen LogP contribution in [0.25, 0.3) is 22.3 Å². The van der Waals surface area contributed by atoms with E-state index < -0.39 is 72.4 Å². The molecule has 16 heteroatoms. The van der Waals surface area contributed by atoms with Crippen molar-refractivity contribution in [1.82, 2.24) is 0 Å². The minimum atomic E-state index is -1.65. The van der Waals surface area contributed by atoms with E-state index in [0.717, 1.165) is 44.4 Å². The maximum Gasteiger partial charge on any atom is 0.303 e. The highest BCUT2D eigenvalue weighted by molar-refractivity contribution is 5.88. The van der Waals surface area contributed by atoms with Gasteiger partial charge in [0, 0.05) is 45.4 Å². The number of ether oxygens (including phenoxy) is 9. The Bertz CT molecular complexity index is 2720. The fourth-order valence-corrected chi connectivity index (χ4v) is 7.14. The fourth-order valence-electron chi connectivity index (χ4n) is 7.14. The first kappa shape index (κ1) is 46.2. The molecule has 342 valence electrons. The monoisotopic (exact) mass is 902 g/mol. The van der Waals surface area contributed by atoms with Crippen molar-refractivity contribution in [2.45, 2.75) is 78.2 Å². The minimum absolute atomic E-state index is 0.0309. The van der Waals surface area contributed by atoms with Crippen molar-refractivity contribution in [2.24, 2.45) is 0 Å². The largest absolute Gasteiger partial charge is 0.507 e. The van der Waals surface area contributed by atoms with Gasteiger partial charge in [-0.3, -0.25) is 24.0 Å². The zero-order valence-corrected chi connectivity index (χ0v) is 36.3. The van der Waals surface area contributed by atoms with Gasteiger partial charge in [0.1, 0.15) is 55.0 Å². The number of fused-ring (bicyclic) bond motifs is 1. The standard InChI is InChI=1S/C50H46O16/c1-29(51)57-28-42-46(61-30(2)52)48(62-31(3)53)49(63-32(4)54)50(66-42)65-40-22-36(20-21-39(40)59-26-34-16-10-6-11-17-34)45-47(60-27-35-18-12-7-13-19-35)44(56)43-38(55)23-37(24-41(43)64-45)58-25-33-14-8-5-9-15-33/h5-24,42,46,48-50,55H,25-28H2,1-4H3/t42-,46-,48+,49-,50-/m1/s1. The normalized spacial score (nSPS) is 17.8. The van der Waals surface area contributed by atoms with Crippen LogP contribution in [0.2, 0.25) is 0 Å². The lowest BCUT2D eigenvalue weighted by Crippen LogP contribution is -2.63. The zero-order valence-electron chi connectivity index (χ0n) is 36.3. The first-order valence-corrected chi connectivity index (χ1v) is 20.8. The molecule has 1 N–H and O–H groups in total. The molecular formula is C50H46O16. The lowest BCUT2D eigenvalue weighted by Gasteiger charge is -2.44. The van der Waals surface area contributed by atoms with Gasteiger partial charge in [-0.25, -0.2) is 0 Å². The highest BCUT2D eigenvalue weighted by atomic mass is 16.7. The summed E-state index contributed by atoms with van der Waals surface area (Å²) in [4.78, 5) is 64.1. The summed E-state index contributed by atoms with van der Waals surface area (Å²) in [6.45, 7) is 4.14. The number of benzene rings is 5. The van der Waals surface area contributed by atoms with Crippen LogP contribution in [0.3, 0.4) is 0 Å². The van der Waals surface area contributed by atoms with Crippen molar-refractivity contribution in [3.05, 3.63) is 148 Å². The minimum Gasteiger partial charge on any atom is -0.507 e. The van der Waals surface area contributed by atoms with Gasteiger partial charge in [-0.05, 0) is 34.9 Å². The molecule has 5 aromatic carbocycles. The van der Waals surface area contributed by atoms with Crippen LogP contribution in [-0.4, -0.2) is 66.3 Å². The lowest BCUT2D eigenvalue weighted by atomic mass is 9.98. The second-order valence-electron chi connectivity index (χ2n) is 15.1. The summed E-state index contributed by atoms with van der Waals surface area (Å²) in [6, 6.07) is 35.1. The Labute approximate surface area is 378 Å². The van der Waals surface area contributed by atoms with E-state index in [2.05, 4.69) is 0 Å². The lowest BCUT2D eigenvalue weighted by molar-refractivity contribution is -0.288. The van der Waals surface area contributed by atoms with Crippen LogP contribution in [-0.2, 0) is 62.7 Å². The smallest absolute Gasteiger partial charge is 0.303 e. The molecule has 0 bridgehead atoms. The highest BCUT2D eigenvalue weighted by Gasteiger charge is 2.53. The molecular weight excluding hydrogens is 857 g/mol. The molecule has 0 unspecified atom stereocenters. The predicted molar refractivity (Wildman–Crippen MR) is 234 cm³/mol. The molecule has 6 aromatic rings. The summed E-state index contributed by atoms with van der Waals surface area (Å²) in [5.74, 6) is -3.63. The quantitative estimate of drug-likeness (QED) is 0.0702. The number of carbonyl (C=O) groups is 4. The molecule has 1 saturated heterocycles. The first-order valence-electron chi connectivity index (χ1n) is 20.8. The molecule has 16 nitrogen and oxygen atoms in total. The number of hydrogen-bond acceptors (Lipinski definition) is 16. The van der Waals surface area contributed by atoms with Gasteiger partial charge in [-0.1, -0.05) is 91.0 Å². The summed E-state index contributed by atoms with van der Waals surface area (Å²) in [5, 5.41) is 11.1. The molecule has 1 fully saturated rings.